The number of pyridine rings is 1. The van der Waals surface area contributed by atoms with Crippen molar-refractivity contribution in [2.24, 2.45) is 0 Å². The molecule has 2 heterocycles. The number of thioether (sulfide) groups is 1. The molecule has 0 atom stereocenters. The first-order chi connectivity index (χ1) is 13.0. The molecule has 0 spiro atoms. The van der Waals surface area contributed by atoms with Crippen LogP contribution in [0, 0.1) is 10.1 Å². The molecule has 8 nitrogen and oxygen atoms in total. The molecular formula is C16H13BrN4O4S2. The van der Waals surface area contributed by atoms with Gasteiger partial charge in [-0.05, 0) is 39.9 Å². The van der Waals surface area contributed by atoms with Crippen molar-refractivity contribution in [3.05, 3.63) is 44.4 Å². The zero-order chi connectivity index (χ0) is 19.6. The maximum Gasteiger partial charge on any atom is 0.313 e. The minimum Gasteiger partial charge on any atom is -0.480 e. The molecule has 0 N–H and O–H groups in total. The van der Waals surface area contributed by atoms with Gasteiger partial charge in [0.1, 0.15) is 0 Å². The zero-order valence-electron chi connectivity index (χ0n) is 14.2. The van der Waals surface area contributed by atoms with E-state index in [1.54, 1.807) is 23.1 Å². The molecule has 140 valence electrons. The van der Waals surface area contributed by atoms with E-state index in [1.807, 2.05) is 24.5 Å². The molecule has 0 radical (unpaired) electrons. The molecule has 0 bridgehead atoms. The van der Waals surface area contributed by atoms with Crippen LogP contribution < -0.4 is 9.64 Å². The number of ether oxygens (including phenoxy) is 1. The predicted molar refractivity (Wildman–Crippen MR) is 109 cm³/mol. The second-order valence-corrected chi connectivity index (χ2v) is 8.24. The van der Waals surface area contributed by atoms with E-state index in [1.165, 1.54) is 18.1 Å². The van der Waals surface area contributed by atoms with Crippen LogP contribution in [-0.4, -0.2) is 34.7 Å². The summed E-state index contributed by atoms with van der Waals surface area (Å²) in [7, 11) is 1.40. The van der Waals surface area contributed by atoms with Crippen LogP contribution >= 0.6 is 39.0 Å². The van der Waals surface area contributed by atoms with E-state index in [0.717, 1.165) is 20.1 Å². The summed E-state index contributed by atoms with van der Waals surface area (Å²) in [6.07, 6.45) is 2.48. The summed E-state index contributed by atoms with van der Waals surface area (Å²) in [4.78, 5) is 32.3. The summed E-state index contributed by atoms with van der Waals surface area (Å²) >= 11 is 6.29. The van der Waals surface area contributed by atoms with E-state index in [2.05, 4.69) is 25.9 Å². The van der Waals surface area contributed by atoms with Gasteiger partial charge in [-0.3, -0.25) is 19.8 Å². The van der Waals surface area contributed by atoms with Crippen molar-refractivity contribution in [3.63, 3.8) is 0 Å². The van der Waals surface area contributed by atoms with Crippen LogP contribution in [0.1, 0.15) is 5.56 Å². The monoisotopic (exact) mass is 468 g/mol. The Labute approximate surface area is 170 Å². The van der Waals surface area contributed by atoms with E-state index in [0.29, 0.717) is 10.9 Å². The van der Waals surface area contributed by atoms with Crippen LogP contribution in [0.5, 0.6) is 5.88 Å². The highest BCUT2D eigenvalue weighted by Crippen LogP contribution is 2.35. The van der Waals surface area contributed by atoms with Crippen LogP contribution in [0.3, 0.4) is 0 Å². The molecule has 0 aliphatic carbocycles. The summed E-state index contributed by atoms with van der Waals surface area (Å²) in [5.41, 5.74) is 1.39. The lowest BCUT2D eigenvalue weighted by Gasteiger charge is -2.17. The minimum absolute atomic E-state index is 0.0794. The minimum atomic E-state index is -0.583. The van der Waals surface area contributed by atoms with Crippen LogP contribution in [-0.2, 0) is 11.3 Å². The topological polar surface area (TPSA) is 98.5 Å². The number of carbonyl (C=O) groups is 1. The molecule has 0 aliphatic rings. The highest BCUT2D eigenvalue weighted by Gasteiger charge is 2.25. The summed E-state index contributed by atoms with van der Waals surface area (Å²) < 4.78 is 7.37. The fourth-order valence-electron chi connectivity index (χ4n) is 2.43. The number of anilines is 1. The molecule has 0 unspecified atom stereocenters. The number of halogens is 1. The van der Waals surface area contributed by atoms with Gasteiger partial charge in [-0.15, -0.1) is 11.3 Å². The lowest BCUT2D eigenvalue weighted by molar-refractivity contribution is -0.384. The Balaban J connectivity index is 2.00. The standard InChI is InChI=1S/C16H13BrN4O4S2/c1-25-15-10(17)6-12(21(23)24)14(19-15)20(8-22)7-9-3-4-11-13(5-9)27-16(18-11)26-2/h3-6,8H,7H2,1-2H3. The Morgan fingerprint density at radius 3 is 2.81 bits per heavy atom. The lowest BCUT2D eigenvalue weighted by atomic mass is 10.2. The van der Waals surface area contributed by atoms with Gasteiger partial charge >= 0.3 is 5.69 Å². The van der Waals surface area contributed by atoms with E-state index in [9.17, 15) is 14.9 Å². The second kappa shape index (κ2) is 8.19. The Kier molecular flexibility index (Phi) is 5.92. The van der Waals surface area contributed by atoms with Crippen LogP contribution in [0.25, 0.3) is 10.2 Å². The molecule has 3 aromatic rings. The number of nitro groups is 1. The van der Waals surface area contributed by atoms with Gasteiger partial charge in [0.25, 0.3) is 0 Å². The maximum absolute atomic E-state index is 11.7. The second-order valence-electron chi connectivity index (χ2n) is 5.30. The van der Waals surface area contributed by atoms with Gasteiger partial charge in [-0.2, -0.15) is 4.98 Å². The van der Waals surface area contributed by atoms with Gasteiger partial charge in [0, 0.05) is 6.07 Å². The van der Waals surface area contributed by atoms with Crippen LogP contribution in [0.15, 0.2) is 33.1 Å². The Bertz CT molecular complexity index is 1030. The maximum atomic E-state index is 11.7. The largest absolute Gasteiger partial charge is 0.480 e. The Morgan fingerprint density at radius 1 is 1.41 bits per heavy atom. The van der Waals surface area contributed by atoms with Crippen molar-refractivity contribution >= 4 is 67.2 Å². The number of carbonyl (C=O) groups excluding carboxylic acids is 1. The number of hydrogen-bond donors (Lipinski definition) is 0. The SMILES string of the molecule is COc1nc(N(C=O)Cc2ccc3nc(SC)sc3c2)c([N+](=O)[O-])cc1Br. The van der Waals surface area contributed by atoms with Crippen molar-refractivity contribution in [2.75, 3.05) is 18.3 Å². The average Bonchev–Trinajstić information content (AvgIpc) is 3.08. The molecule has 3 rings (SSSR count). The van der Waals surface area contributed by atoms with Crippen molar-refractivity contribution in [3.8, 4) is 5.88 Å². The third-order valence-electron chi connectivity index (χ3n) is 3.65. The van der Waals surface area contributed by atoms with Gasteiger partial charge < -0.3 is 4.74 Å². The number of nitrogens with zero attached hydrogens (tertiary/aromatic N) is 4. The van der Waals surface area contributed by atoms with Gasteiger partial charge in [0.2, 0.25) is 18.1 Å². The molecule has 11 heteroatoms. The first kappa shape index (κ1) is 19.5. The van der Waals surface area contributed by atoms with Crippen molar-refractivity contribution < 1.29 is 14.5 Å². The van der Waals surface area contributed by atoms with Crippen LogP contribution in [0.4, 0.5) is 11.5 Å². The van der Waals surface area contributed by atoms with E-state index < -0.39 is 4.92 Å². The number of hydrogen-bond acceptors (Lipinski definition) is 8. The number of rotatable bonds is 7. The number of amides is 1. The van der Waals surface area contributed by atoms with Crippen LogP contribution in [0.2, 0.25) is 0 Å². The molecule has 1 aromatic carbocycles. The summed E-state index contributed by atoms with van der Waals surface area (Å²) in [6.45, 7) is 0.130. The van der Waals surface area contributed by atoms with E-state index in [4.69, 9.17) is 4.74 Å². The molecule has 0 fully saturated rings. The molecule has 0 aliphatic heterocycles. The predicted octanol–water partition coefficient (Wildman–Crippen LogP) is 4.26. The normalized spacial score (nSPS) is 10.8. The highest BCUT2D eigenvalue weighted by atomic mass is 79.9. The molecule has 2 aromatic heterocycles. The van der Waals surface area contributed by atoms with Crippen molar-refractivity contribution in [1.29, 1.82) is 0 Å². The third-order valence-corrected chi connectivity index (χ3v) is 6.23. The number of methoxy groups -OCH3 is 1. The highest BCUT2D eigenvalue weighted by molar-refractivity contribution is 9.10. The average molecular weight is 469 g/mol. The molecule has 0 saturated heterocycles. The van der Waals surface area contributed by atoms with E-state index >= 15 is 0 Å². The first-order valence-corrected chi connectivity index (χ1v) is 10.3. The smallest absolute Gasteiger partial charge is 0.313 e. The van der Waals surface area contributed by atoms with E-state index in [-0.39, 0.29) is 23.9 Å². The summed E-state index contributed by atoms with van der Waals surface area (Å²) in [5, 5.41) is 11.4. The quantitative estimate of drug-likeness (QED) is 0.221. The molecule has 1 amide bonds. The van der Waals surface area contributed by atoms with Gasteiger partial charge in [0.05, 0.1) is 33.3 Å². The number of thiazole rings is 1. The number of benzene rings is 1. The zero-order valence-corrected chi connectivity index (χ0v) is 17.4. The van der Waals surface area contributed by atoms with Crippen molar-refractivity contribution in [1.82, 2.24) is 9.97 Å². The molecule has 0 saturated carbocycles. The number of aromatic nitrogens is 2. The van der Waals surface area contributed by atoms with Gasteiger partial charge in [-0.25, -0.2) is 4.98 Å². The lowest BCUT2D eigenvalue weighted by Crippen LogP contribution is -2.23. The first-order valence-electron chi connectivity index (χ1n) is 7.51. The molecular weight excluding hydrogens is 456 g/mol. The fourth-order valence-corrected chi connectivity index (χ4v) is 4.45. The Hall–Kier alpha value is -2.24. The summed E-state index contributed by atoms with van der Waals surface area (Å²) in [6, 6.07) is 6.90. The van der Waals surface area contributed by atoms with Gasteiger partial charge in [0.15, 0.2) is 4.34 Å². The number of fused-ring (bicyclic) bond motifs is 1. The third kappa shape index (κ3) is 4.04. The fraction of sp³-hybridized carbons (Fsp3) is 0.188. The summed E-state index contributed by atoms with van der Waals surface area (Å²) in [5.74, 6) is 0.0780. The molecule has 27 heavy (non-hydrogen) atoms. The van der Waals surface area contributed by atoms with Crippen molar-refractivity contribution in [2.45, 2.75) is 10.9 Å². The Morgan fingerprint density at radius 2 is 2.19 bits per heavy atom. The van der Waals surface area contributed by atoms with Gasteiger partial charge in [-0.1, -0.05) is 17.8 Å².